The molecule has 0 aromatic rings. The van der Waals surface area contributed by atoms with Gasteiger partial charge in [0.05, 0.1) is 11.1 Å². The molecule has 142 valence electrons. The van der Waals surface area contributed by atoms with Crippen molar-refractivity contribution < 1.29 is 19.8 Å². The van der Waals surface area contributed by atoms with E-state index in [1.54, 1.807) is 6.08 Å². The molecular formula is C21H34O4. The zero-order chi connectivity index (χ0) is 20.2. The predicted octanol–water partition coefficient (Wildman–Crippen LogP) is 5.46. The van der Waals surface area contributed by atoms with Crippen LogP contribution in [-0.2, 0) is 9.59 Å². The van der Waals surface area contributed by atoms with Crippen LogP contribution in [0.1, 0.15) is 68.2 Å². The van der Waals surface area contributed by atoms with Crippen molar-refractivity contribution in [2.24, 2.45) is 16.2 Å². The first kappa shape index (κ1) is 23.2. The van der Waals surface area contributed by atoms with E-state index >= 15 is 0 Å². The topological polar surface area (TPSA) is 74.6 Å². The van der Waals surface area contributed by atoms with E-state index in [2.05, 4.69) is 55.0 Å². The fraction of sp³-hybridized carbons (Fsp3) is 0.619. The second-order valence-corrected chi connectivity index (χ2v) is 8.84. The predicted molar refractivity (Wildman–Crippen MR) is 103 cm³/mol. The van der Waals surface area contributed by atoms with Gasteiger partial charge in [0.2, 0.25) is 0 Å². The normalized spacial score (nSPS) is 16.3. The first-order valence-electron chi connectivity index (χ1n) is 8.63. The van der Waals surface area contributed by atoms with Crippen LogP contribution in [0.5, 0.6) is 0 Å². The van der Waals surface area contributed by atoms with Crippen molar-refractivity contribution in [2.75, 3.05) is 0 Å². The Balaban J connectivity index is 6.19. The Hall–Kier alpha value is -1.84. The molecular weight excluding hydrogens is 316 g/mol. The lowest BCUT2D eigenvalue weighted by Gasteiger charge is -2.47. The van der Waals surface area contributed by atoms with E-state index in [0.717, 1.165) is 24.5 Å². The molecule has 0 bridgehead atoms. The molecule has 0 saturated heterocycles. The monoisotopic (exact) mass is 350 g/mol. The van der Waals surface area contributed by atoms with Gasteiger partial charge in [-0.15, -0.1) is 0 Å². The first-order chi connectivity index (χ1) is 11.1. The van der Waals surface area contributed by atoms with E-state index in [1.807, 2.05) is 6.92 Å². The van der Waals surface area contributed by atoms with Gasteiger partial charge < -0.3 is 10.2 Å². The zero-order valence-electron chi connectivity index (χ0n) is 17.0. The zero-order valence-corrected chi connectivity index (χ0v) is 17.0. The summed E-state index contributed by atoms with van der Waals surface area (Å²) in [6, 6.07) is 0. The summed E-state index contributed by atoms with van der Waals surface area (Å²) < 4.78 is 0. The molecule has 4 heteroatoms. The summed E-state index contributed by atoms with van der Waals surface area (Å²) in [5.41, 5.74) is 0.393. The highest BCUT2D eigenvalue weighted by molar-refractivity contribution is 5.96. The molecule has 0 aromatic heterocycles. The van der Waals surface area contributed by atoms with Crippen molar-refractivity contribution in [3.63, 3.8) is 0 Å². The quantitative estimate of drug-likeness (QED) is 0.450. The summed E-state index contributed by atoms with van der Waals surface area (Å²) in [6.45, 7) is 20.5. The molecule has 0 aliphatic heterocycles. The van der Waals surface area contributed by atoms with E-state index < -0.39 is 11.9 Å². The minimum atomic E-state index is -1.23. The molecule has 0 aliphatic rings. The van der Waals surface area contributed by atoms with Crippen LogP contribution < -0.4 is 0 Å². The maximum atomic E-state index is 11.6. The van der Waals surface area contributed by atoms with E-state index in [-0.39, 0.29) is 27.4 Å². The Morgan fingerprint density at radius 1 is 0.960 bits per heavy atom. The van der Waals surface area contributed by atoms with Gasteiger partial charge >= 0.3 is 11.9 Å². The number of aliphatic carboxylic acids is 2. The van der Waals surface area contributed by atoms with Crippen LogP contribution in [0.15, 0.2) is 35.5 Å². The molecule has 0 saturated carbocycles. The molecule has 0 heterocycles. The molecule has 0 amide bonds. The highest BCUT2D eigenvalue weighted by atomic mass is 16.4. The molecule has 0 aromatic carbocycles. The van der Waals surface area contributed by atoms with Crippen molar-refractivity contribution in [1.29, 1.82) is 0 Å². The summed E-state index contributed by atoms with van der Waals surface area (Å²) in [7, 11) is 0. The third-order valence-corrected chi connectivity index (χ3v) is 5.54. The van der Waals surface area contributed by atoms with Gasteiger partial charge in [-0.25, -0.2) is 9.59 Å². The maximum Gasteiger partial charge on any atom is 0.335 e. The van der Waals surface area contributed by atoms with Gasteiger partial charge in [-0.2, -0.15) is 0 Å². The lowest BCUT2D eigenvalue weighted by Crippen LogP contribution is -2.38. The number of hydrogen-bond donors (Lipinski definition) is 2. The summed E-state index contributed by atoms with van der Waals surface area (Å²) in [4.78, 5) is 22.5. The average molecular weight is 350 g/mol. The van der Waals surface area contributed by atoms with Crippen LogP contribution in [-0.4, -0.2) is 22.2 Å². The fourth-order valence-electron chi connectivity index (χ4n) is 2.89. The molecule has 0 fully saturated rings. The van der Waals surface area contributed by atoms with Gasteiger partial charge in [0.15, 0.2) is 0 Å². The van der Waals surface area contributed by atoms with E-state index in [0.29, 0.717) is 0 Å². The Morgan fingerprint density at radius 3 is 1.76 bits per heavy atom. The SMILES string of the molecule is C=C(/C=C(\C=C(/C)C(C)(CC(C)(C)CC)C(C)(C)C)C(=O)O)C(=O)O. The molecule has 1 atom stereocenters. The summed E-state index contributed by atoms with van der Waals surface area (Å²) in [5, 5.41) is 18.4. The maximum absolute atomic E-state index is 11.6. The summed E-state index contributed by atoms with van der Waals surface area (Å²) in [5.74, 6) is -2.39. The largest absolute Gasteiger partial charge is 0.478 e. The van der Waals surface area contributed by atoms with Gasteiger partial charge in [-0.1, -0.05) is 67.0 Å². The standard InChI is InChI=1S/C21H34O4/c1-10-20(7,8)13-21(9,19(4,5)6)15(3)12-16(18(24)25)11-14(2)17(22)23/h11-12H,2,10,13H2,1,3-9H3,(H,22,23)(H,24,25)/b15-12+,16-11+. The average Bonchev–Trinajstić information content (AvgIpc) is 2.44. The molecule has 2 N–H and O–H groups in total. The van der Waals surface area contributed by atoms with Gasteiger partial charge in [0.25, 0.3) is 0 Å². The van der Waals surface area contributed by atoms with Crippen molar-refractivity contribution >= 4 is 11.9 Å². The lowest BCUT2D eigenvalue weighted by atomic mass is 9.57. The molecule has 0 spiro atoms. The first-order valence-corrected chi connectivity index (χ1v) is 8.63. The Kier molecular flexibility index (Phi) is 7.44. The summed E-state index contributed by atoms with van der Waals surface area (Å²) >= 11 is 0. The number of carboxylic acids is 2. The van der Waals surface area contributed by atoms with Crippen molar-refractivity contribution in [2.45, 2.75) is 68.2 Å². The van der Waals surface area contributed by atoms with Crippen molar-refractivity contribution in [1.82, 2.24) is 0 Å². The molecule has 1 unspecified atom stereocenters. The number of carbonyl (C=O) groups is 2. The summed E-state index contributed by atoms with van der Waals surface area (Å²) in [6.07, 6.45) is 4.62. The van der Waals surface area contributed by atoms with Crippen LogP contribution >= 0.6 is 0 Å². The Labute approximate surface area is 152 Å². The fourth-order valence-corrected chi connectivity index (χ4v) is 2.89. The van der Waals surface area contributed by atoms with Gasteiger partial charge in [0.1, 0.15) is 0 Å². The van der Waals surface area contributed by atoms with Crippen molar-refractivity contribution in [3.8, 4) is 0 Å². The van der Waals surface area contributed by atoms with E-state index in [1.165, 1.54) is 0 Å². The Morgan fingerprint density at radius 2 is 1.44 bits per heavy atom. The smallest absolute Gasteiger partial charge is 0.335 e. The number of carboxylic acid groups (broad SMARTS) is 2. The van der Waals surface area contributed by atoms with E-state index in [9.17, 15) is 14.7 Å². The molecule has 0 radical (unpaired) electrons. The highest BCUT2D eigenvalue weighted by Crippen LogP contribution is 2.52. The number of hydrogen-bond acceptors (Lipinski definition) is 2. The molecule has 0 aliphatic carbocycles. The molecule has 0 rings (SSSR count). The number of allylic oxidation sites excluding steroid dienone is 1. The van der Waals surface area contributed by atoms with Crippen LogP contribution in [0.2, 0.25) is 0 Å². The number of rotatable bonds is 8. The third kappa shape index (κ3) is 6.18. The van der Waals surface area contributed by atoms with Crippen LogP contribution in [0.3, 0.4) is 0 Å². The third-order valence-electron chi connectivity index (χ3n) is 5.54. The minimum absolute atomic E-state index is 0.0605. The van der Waals surface area contributed by atoms with E-state index in [4.69, 9.17) is 5.11 Å². The van der Waals surface area contributed by atoms with Crippen molar-refractivity contribution in [3.05, 3.63) is 35.5 Å². The van der Waals surface area contributed by atoms with Gasteiger partial charge in [-0.3, -0.25) is 0 Å². The Bertz CT molecular complexity index is 600. The van der Waals surface area contributed by atoms with Gasteiger partial charge in [-0.05, 0) is 41.7 Å². The van der Waals surface area contributed by atoms with Gasteiger partial charge in [0, 0.05) is 0 Å². The van der Waals surface area contributed by atoms with Crippen LogP contribution in [0, 0.1) is 16.2 Å². The second kappa shape index (κ2) is 8.03. The second-order valence-electron chi connectivity index (χ2n) is 8.84. The highest BCUT2D eigenvalue weighted by Gasteiger charge is 2.42. The van der Waals surface area contributed by atoms with Crippen LogP contribution in [0.4, 0.5) is 0 Å². The van der Waals surface area contributed by atoms with Crippen LogP contribution in [0.25, 0.3) is 0 Å². The molecule has 4 nitrogen and oxygen atoms in total. The minimum Gasteiger partial charge on any atom is -0.478 e. The molecule has 25 heavy (non-hydrogen) atoms. The lowest BCUT2D eigenvalue weighted by molar-refractivity contribution is -0.132.